The summed E-state index contributed by atoms with van der Waals surface area (Å²) in [5.74, 6) is -0.261. The minimum atomic E-state index is -0.444. The van der Waals surface area contributed by atoms with E-state index in [9.17, 15) is 8.78 Å². The van der Waals surface area contributed by atoms with Gasteiger partial charge in [-0.05, 0) is 31.0 Å². The van der Waals surface area contributed by atoms with E-state index in [1.807, 2.05) is 6.08 Å². The fourth-order valence-corrected chi connectivity index (χ4v) is 2.69. The molecule has 1 aliphatic rings. The summed E-state index contributed by atoms with van der Waals surface area (Å²) in [6, 6.07) is 3.78. The molecule has 4 nitrogen and oxygen atoms in total. The van der Waals surface area contributed by atoms with Crippen LogP contribution in [-0.4, -0.2) is 43.6 Å². The predicted octanol–water partition coefficient (Wildman–Crippen LogP) is 2.28. The van der Waals surface area contributed by atoms with E-state index in [-0.39, 0.29) is 12.1 Å². The zero-order valence-electron chi connectivity index (χ0n) is 13.5. The van der Waals surface area contributed by atoms with Gasteiger partial charge in [0.05, 0.1) is 0 Å². The van der Waals surface area contributed by atoms with Gasteiger partial charge in [0.2, 0.25) is 0 Å². The van der Waals surface area contributed by atoms with E-state index in [1.54, 1.807) is 7.05 Å². The van der Waals surface area contributed by atoms with Crippen LogP contribution in [0, 0.1) is 11.6 Å². The van der Waals surface area contributed by atoms with Gasteiger partial charge in [0.15, 0.2) is 5.96 Å². The molecule has 0 bridgehead atoms. The number of likely N-dealkylation sites (tertiary alicyclic amines) is 1. The van der Waals surface area contributed by atoms with Crippen molar-refractivity contribution in [3.05, 3.63) is 48.1 Å². The number of nitrogens with one attached hydrogen (secondary N) is 2. The molecule has 1 fully saturated rings. The van der Waals surface area contributed by atoms with Crippen molar-refractivity contribution in [3.63, 3.8) is 0 Å². The number of piperidine rings is 1. The van der Waals surface area contributed by atoms with Crippen LogP contribution >= 0.6 is 0 Å². The van der Waals surface area contributed by atoms with Crippen molar-refractivity contribution in [2.75, 3.05) is 26.7 Å². The summed E-state index contributed by atoms with van der Waals surface area (Å²) in [5, 5.41) is 6.38. The summed E-state index contributed by atoms with van der Waals surface area (Å²) in [5.41, 5.74) is 0.286. The molecule has 1 aromatic rings. The molecular weight excluding hydrogens is 298 g/mol. The number of guanidine groups is 1. The summed E-state index contributed by atoms with van der Waals surface area (Å²) in [7, 11) is 1.67. The van der Waals surface area contributed by atoms with Crippen LogP contribution in [0.2, 0.25) is 0 Å². The minimum absolute atomic E-state index is 0.193. The first kappa shape index (κ1) is 17.4. The first-order valence-electron chi connectivity index (χ1n) is 7.86. The monoisotopic (exact) mass is 322 g/mol. The molecular formula is C17H24F2N4. The van der Waals surface area contributed by atoms with Crippen molar-refractivity contribution >= 4 is 5.96 Å². The van der Waals surface area contributed by atoms with Crippen LogP contribution in [0.15, 0.2) is 35.8 Å². The maximum absolute atomic E-state index is 13.6. The van der Waals surface area contributed by atoms with E-state index in [0.29, 0.717) is 12.0 Å². The third-order valence-corrected chi connectivity index (χ3v) is 3.99. The Morgan fingerprint density at radius 3 is 2.78 bits per heavy atom. The van der Waals surface area contributed by atoms with Gasteiger partial charge in [0.1, 0.15) is 11.6 Å². The van der Waals surface area contributed by atoms with Gasteiger partial charge >= 0.3 is 0 Å². The molecule has 0 spiro atoms. The average Bonchev–Trinajstić information content (AvgIpc) is 2.56. The van der Waals surface area contributed by atoms with Crippen LogP contribution < -0.4 is 10.6 Å². The van der Waals surface area contributed by atoms with Crippen molar-refractivity contribution in [2.24, 2.45) is 4.99 Å². The maximum Gasteiger partial charge on any atom is 0.191 e. The Kier molecular flexibility index (Phi) is 6.52. The first-order valence-corrected chi connectivity index (χ1v) is 7.86. The lowest BCUT2D eigenvalue weighted by Gasteiger charge is -2.32. The number of hydrogen-bond donors (Lipinski definition) is 2. The Labute approximate surface area is 136 Å². The highest BCUT2D eigenvalue weighted by atomic mass is 19.1. The lowest BCUT2D eigenvalue weighted by Crippen LogP contribution is -2.48. The van der Waals surface area contributed by atoms with Gasteiger partial charge in [0.25, 0.3) is 0 Å². The normalized spacial score (nSPS) is 17.1. The van der Waals surface area contributed by atoms with Crippen LogP contribution in [0.4, 0.5) is 8.78 Å². The molecule has 0 amide bonds. The second kappa shape index (κ2) is 8.62. The summed E-state index contributed by atoms with van der Waals surface area (Å²) in [4.78, 5) is 6.50. The second-order valence-electron chi connectivity index (χ2n) is 5.67. The Morgan fingerprint density at radius 2 is 2.13 bits per heavy atom. The van der Waals surface area contributed by atoms with Crippen molar-refractivity contribution in [2.45, 2.75) is 25.4 Å². The lowest BCUT2D eigenvalue weighted by atomic mass is 10.1. The molecule has 126 valence electrons. The average molecular weight is 322 g/mol. The van der Waals surface area contributed by atoms with Crippen molar-refractivity contribution < 1.29 is 8.78 Å². The predicted molar refractivity (Wildman–Crippen MR) is 89.4 cm³/mol. The van der Waals surface area contributed by atoms with Crippen molar-refractivity contribution in [1.82, 2.24) is 15.5 Å². The molecule has 0 unspecified atom stereocenters. The summed E-state index contributed by atoms with van der Waals surface area (Å²) in [6.07, 6.45) is 3.95. The number of rotatable bonds is 5. The Hall–Kier alpha value is -1.95. The quantitative estimate of drug-likeness (QED) is 0.496. The molecule has 1 aromatic carbocycles. The zero-order valence-corrected chi connectivity index (χ0v) is 13.5. The molecule has 2 N–H and O–H groups in total. The topological polar surface area (TPSA) is 39.7 Å². The fourth-order valence-electron chi connectivity index (χ4n) is 2.69. The maximum atomic E-state index is 13.6. The van der Waals surface area contributed by atoms with E-state index in [2.05, 4.69) is 27.1 Å². The highest BCUT2D eigenvalue weighted by Gasteiger charge is 2.19. The summed E-state index contributed by atoms with van der Waals surface area (Å²) >= 11 is 0. The largest absolute Gasteiger partial charge is 0.354 e. The number of aliphatic imine (C=N–C) groups is 1. The van der Waals surface area contributed by atoms with Gasteiger partial charge in [0, 0.05) is 44.8 Å². The molecule has 6 heteroatoms. The minimum Gasteiger partial charge on any atom is -0.354 e. The van der Waals surface area contributed by atoms with Gasteiger partial charge in [-0.2, -0.15) is 0 Å². The molecule has 0 atom stereocenters. The molecule has 0 radical (unpaired) electrons. The van der Waals surface area contributed by atoms with Gasteiger partial charge in [-0.3, -0.25) is 9.89 Å². The molecule has 1 heterocycles. The molecule has 1 saturated heterocycles. The van der Waals surface area contributed by atoms with Gasteiger partial charge in [-0.1, -0.05) is 6.08 Å². The first-order chi connectivity index (χ1) is 11.1. The molecule has 0 saturated carbocycles. The van der Waals surface area contributed by atoms with E-state index in [0.717, 1.165) is 44.6 Å². The Morgan fingerprint density at radius 1 is 1.39 bits per heavy atom. The number of nitrogens with zero attached hydrogens (tertiary/aromatic N) is 2. The van der Waals surface area contributed by atoms with Gasteiger partial charge in [-0.25, -0.2) is 8.78 Å². The van der Waals surface area contributed by atoms with E-state index >= 15 is 0 Å². The van der Waals surface area contributed by atoms with Crippen LogP contribution in [0.5, 0.6) is 0 Å². The Balaban J connectivity index is 1.82. The SMILES string of the molecule is C=CCN1CCC(NC(=NC)NCc2cc(F)ccc2F)CC1. The van der Waals surface area contributed by atoms with Crippen LogP contribution in [0.3, 0.4) is 0 Å². The van der Waals surface area contributed by atoms with Crippen LogP contribution in [-0.2, 0) is 6.54 Å². The molecule has 23 heavy (non-hydrogen) atoms. The van der Waals surface area contributed by atoms with Crippen LogP contribution in [0.25, 0.3) is 0 Å². The number of halogens is 2. The third-order valence-electron chi connectivity index (χ3n) is 3.99. The van der Waals surface area contributed by atoms with Gasteiger partial charge in [-0.15, -0.1) is 6.58 Å². The standard InChI is InChI=1S/C17H24F2N4/c1-3-8-23-9-6-15(7-10-23)22-17(20-2)21-12-13-11-14(18)4-5-16(13)19/h3-5,11,15H,1,6-10,12H2,2H3,(H2,20,21,22). The molecule has 2 rings (SSSR count). The van der Waals surface area contributed by atoms with E-state index in [4.69, 9.17) is 0 Å². The number of hydrogen-bond acceptors (Lipinski definition) is 2. The molecule has 0 aliphatic carbocycles. The highest BCUT2D eigenvalue weighted by Crippen LogP contribution is 2.11. The summed E-state index contributed by atoms with van der Waals surface area (Å²) < 4.78 is 26.8. The fraction of sp³-hybridized carbons (Fsp3) is 0.471. The summed E-state index contributed by atoms with van der Waals surface area (Å²) in [6.45, 7) is 6.89. The molecule has 1 aliphatic heterocycles. The number of benzene rings is 1. The van der Waals surface area contributed by atoms with E-state index < -0.39 is 11.6 Å². The molecule has 0 aromatic heterocycles. The van der Waals surface area contributed by atoms with Crippen LogP contribution in [0.1, 0.15) is 18.4 Å². The van der Waals surface area contributed by atoms with Crippen molar-refractivity contribution in [1.29, 1.82) is 0 Å². The smallest absolute Gasteiger partial charge is 0.191 e. The second-order valence-corrected chi connectivity index (χ2v) is 5.67. The van der Waals surface area contributed by atoms with Gasteiger partial charge < -0.3 is 10.6 Å². The lowest BCUT2D eigenvalue weighted by molar-refractivity contribution is 0.225. The third kappa shape index (κ3) is 5.32. The van der Waals surface area contributed by atoms with Crippen molar-refractivity contribution in [3.8, 4) is 0 Å². The van der Waals surface area contributed by atoms with E-state index in [1.165, 1.54) is 6.07 Å². The Bertz CT molecular complexity index is 552. The highest BCUT2D eigenvalue weighted by molar-refractivity contribution is 5.79. The zero-order chi connectivity index (χ0) is 16.7.